The number of pyridine rings is 1. The van der Waals surface area contributed by atoms with Crippen LogP contribution < -0.4 is 10.6 Å². The number of nitrogens with zero attached hydrogens (tertiary/aromatic N) is 1. The van der Waals surface area contributed by atoms with Crippen LogP contribution in [0.4, 0.5) is 0 Å². The Morgan fingerprint density at radius 1 is 1.26 bits per heavy atom. The van der Waals surface area contributed by atoms with Crippen LogP contribution in [-0.4, -0.2) is 24.0 Å². The van der Waals surface area contributed by atoms with Gasteiger partial charge in [-0.3, -0.25) is 9.78 Å². The molecule has 0 atom stereocenters. The summed E-state index contributed by atoms with van der Waals surface area (Å²) in [5.41, 5.74) is 1.11. The lowest BCUT2D eigenvalue weighted by molar-refractivity contribution is -0.120. The van der Waals surface area contributed by atoms with Gasteiger partial charge in [0.25, 0.3) is 0 Å². The van der Waals surface area contributed by atoms with Gasteiger partial charge < -0.3 is 10.6 Å². The Kier molecular flexibility index (Phi) is 4.86. The minimum Gasteiger partial charge on any atom is -0.355 e. The number of rotatable bonds is 6. The summed E-state index contributed by atoms with van der Waals surface area (Å²) in [7, 11) is 0. The highest BCUT2D eigenvalue weighted by Gasteiger charge is 2.02. The number of carbonyl (C=O) groups excluding carboxylic acids is 1. The third-order valence-corrected chi connectivity index (χ3v) is 2.92. The molecule has 0 radical (unpaired) electrons. The molecule has 4 heteroatoms. The summed E-state index contributed by atoms with van der Waals surface area (Å²) >= 11 is 0. The topological polar surface area (TPSA) is 54.0 Å². The van der Waals surface area contributed by atoms with Crippen LogP contribution in [0.3, 0.4) is 0 Å². The molecular weight excluding hydrogens is 238 g/mol. The molecule has 100 valence electrons. The van der Waals surface area contributed by atoms with Crippen molar-refractivity contribution in [3.8, 4) is 0 Å². The quantitative estimate of drug-likeness (QED) is 0.830. The molecule has 1 aromatic carbocycles. The molecule has 2 N–H and O–H groups in total. The highest BCUT2D eigenvalue weighted by molar-refractivity contribution is 5.84. The molecule has 0 aliphatic rings. The molecule has 2 aromatic rings. The van der Waals surface area contributed by atoms with E-state index in [2.05, 4.69) is 21.7 Å². The van der Waals surface area contributed by atoms with Crippen molar-refractivity contribution in [2.45, 2.75) is 19.9 Å². The molecule has 4 nitrogen and oxygen atoms in total. The van der Waals surface area contributed by atoms with Crippen LogP contribution in [0, 0.1) is 0 Å². The van der Waals surface area contributed by atoms with Gasteiger partial charge in [-0.25, -0.2) is 0 Å². The first-order valence-corrected chi connectivity index (χ1v) is 6.60. The van der Waals surface area contributed by atoms with Gasteiger partial charge in [0.15, 0.2) is 0 Å². The maximum Gasteiger partial charge on any atom is 0.233 e. The van der Waals surface area contributed by atoms with E-state index in [1.54, 1.807) is 0 Å². The summed E-state index contributed by atoms with van der Waals surface area (Å²) in [5, 5.41) is 8.29. The lowest BCUT2D eigenvalue weighted by Gasteiger charge is -2.08. The van der Waals surface area contributed by atoms with Gasteiger partial charge in [0.2, 0.25) is 5.91 Å². The Morgan fingerprint density at radius 2 is 2.11 bits per heavy atom. The van der Waals surface area contributed by atoms with Crippen molar-refractivity contribution in [1.29, 1.82) is 0 Å². The van der Waals surface area contributed by atoms with Crippen molar-refractivity contribution in [2.24, 2.45) is 0 Å². The zero-order chi connectivity index (χ0) is 13.5. The van der Waals surface area contributed by atoms with Crippen molar-refractivity contribution in [3.05, 3.63) is 42.2 Å². The molecule has 0 bridgehead atoms. The number of benzene rings is 1. The summed E-state index contributed by atoms with van der Waals surface area (Å²) in [4.78, 5) is 15.7. The number of amides is 1. The second-order valence-corrected chi connectivity index (χ2v) is 4.47. The van der Waals surface area contributed by atoms with Gasteiger partial charge in [0.1, 0.15) is 0 Å². The maximum absolute atomic E-state index is 11.5. The summed E-state index contributed by atoms with van der Waals surface area (Å²) in [5.74, 6) is 0.0371. The first-order valence-electron chi connectivity index (χ1n) is 6.60. The lowest BCUT2D eigenvalue weighted by atomic mass is 10.1. The fourth-order valence-corrected chi connectivity index (χ4v) is 1.96. The molecule has 0 fully saturated rings. The minimum atomic E-state index is 0.0371. The monoisotopic (exact) mass is 257 g/mol. The molecule has 19 heavy (non-hydrogen) atoms. The number of hydrogen-bond acceptors (Lipinski definition) is 3. The van der Waals surface area contributed by atoms with Crippen LogP contribution >= 0.6 is 0 Å². The first kappa shape index (κ1) is 13.5. The van der Waals surface area contributed by atoms with Crippen molar-refractivity contribution in [2.75, 3.05) is 13.1 Å². The molecule has 0 saturated carbocycles. The number of nitrogens with one attached hydrogen (secondary N) is 2. The van der Waals surface area contributed by atoms with Crippen molar-refractivity contribution in [3.63, 3.8) is 0 Å². The number of carbonyl (C=O) groups is 1. The Hall–Kier alpha value is -1.94. The fourth-order valence-electron chi connectivity index (χ4n) is 1.96. The zero-order valence-corrected chi connectivity index (χ0v) is 11.1. The van der Waals surface area contributed by atoms with Gasteiger partial charge in [-0.2, -0.15) is 0 Å². The smallest absolute Gasteiger partial charge is 0.233 e. The summed E-state index contributed by atoms with van der Waals surface area (Å²) < 4.78 is 0. The van der Waals surface area contributed by atoms with Gasteiger partial charge in [0.05, 0.1) is 6.54 Å². The minimum absolute atomic E-state index is 0.0371. The maximum atomic E-state index is 11.5. The number of fused-ring (bicyclic) bond motifs is 1. The van der Waals surface area contributed by atoms with E-state index in [4.69, 9.17) is 0 Å². The van der Waals surface area contributed by atoms with Gasteiger partial charge in [-0.1, -0.05) is 31.2 Å². The molecular formula is C15H19N3O. The van der Waals surface area contributed by atoms with Gasteiger partial charge in [-0.15, -0.1) is 0 Å². The van der Waals surface area contributed by atoms with Crippen molar-refractivity contribution in [1.82, 2.24) is 15.6 Å². The van der Waals surface area contributed by atoms with E-state index in [9.17, 15) is 4.79 Å². The van der Waals surface area contributed by atoms with Gasteiger partial charge in [0, 0.05) is 30.9 Å². The normalized spacial score (nSPS) is 10.6. The van der Waals surface area contributed by atoms with E-state index < -0.39 is 0 Å². The van der Waals surface area contributed by atoms with Crippen LogP contribution in [0.2, 0.25) is 0 Å². The average molecular weight is 257 g/mol. The second-order valence-electron chi connectivity index (χ2n) is 4.47. The molecule has 0 unspecified atom stereocenters. The Bertz CT molecular complexity index is 549. The molecule has 1 amide bonds. The summed E-state index contributed by atoms with van der Waals surface area (Å²) in [6, 6.07) is 8.13. The van der Waals surface area contributed by atoms with E-state index in [0.29, 0.717) is 13.1 Å². The highest BCUT2D eigenvalue weighted by atomic mass is 16.1. The summed E-state index contributed by atoms with van der Waals surface area (Å²) in [6.45, 7) is 3.75. The van der Waals surface area contributed by atoms with Crippen LogP contribution in [0.1, 0.15) is 18.9 Å². The predicted octanol–water partition coefficient (Wildman–Crippen LogP) is 1.85. The van der Waals surface area contributed by atoms with E-state index >= 15 is 0 Å². The van der Waals surface area contributed by atoms with Crippen LogP contribution in [0.15, 0.2) is 36.7 Å². The molecule has 2 rings (SSSR count). The van der Waals surface area contributed by atoms with E-state index in [0.717, 1.165) is 23.9 Å². The third-order valence-electron chi connectivity index (χ3n) is 2.92. The lowest BCUT2D eigenvalue weighted by Crippen LogP contribution is -2.33. The van der Waals surface area contributed by atoms with Gasteiger partial charge in [-0.05, 0) is 17.4 Å². The highest BCUT2D eigenvalue weighted by Crippen LogP contribution is 2.16. The van der Waals surface area contributed by atoms with Gasteiger partial charge >= 0.3 is 0 Å². The van der Waals surface area contributed by atoms with Crippen LogP contribution in [0.25, 0.3) is 10.8 Å². The average Bonchev–Trinajstić information content (AvgIpc) is 2.45. The number of aromatic nitrogens is 1. The van der Waals surface area contributed by atoms with Crippen LogP contribution in [-0.2, 0) is 11.3 Å². The molecule has 0 saturated heterocycles. The second kappa shape index (κ2) is 6.85. The Morgan fingerprint density at radius 3 is 2.95 bits per heavy atom. The van der Waals surface area contributed by atoms with E-state index in [1.807, 2.05) is 37.5 Å². The first-order chi connectivity index (χ1) is 9.31. The van der Waals surface area contributed by atoms with E-state index in [-0.39, 0.29) is 5.91 Å². The fraction of sp³-hybridized carbons (Fsp3) is 0.333. The largest absolute Gasteiger partial charge is 0.355 e. The van der Waals surface area contributed by atoms with E-state index in [1.165, 1.54) is 5.39 Å². The molecule has 1 heterocycles. The SMILES string of the molecule is CCCNC(=O)CNCc1cncc2ccccc12. The van der Waals surface area contributed by atoms with Crippen molar-refractivity contribution >= 4 is 16.7 Å². The predicted molar refractivity (Wildman–Crippen MR) is 76.8 cm³/mol. The molecule has 0 spiro atoms. The molecule has 1 aromatic heterocycles. The standard InChI is InChI=1S/C15H19N3O/c1-2-7-18-15(19)11-17-10-13-9-16-8-12-5-3-4-6-14(12)13/h3-6,8-9,17H,2,7,10-11H2,1H3,(H,18,19). The molecule has 0 aliphatic heterocycles. The molecule has 0 aliphatic carbocycles. The Labute approximate surface area is 113 Å². The third kappa shape index (κ3) is 3.76. The Balaban J connectivity index is 1.93. The summed E-state index contributed by atoms with van der Waals surface area (Å²) in [6.07, 6.45) is 4.66. The zero-order valence-electron chi connectivity index (χ0n) is 11.1. The van der Waals surface area contributed by atoms with Crippen molar-refractivity contribution < 1.29 is 4.79 Å². The number of hydrogen-bond donors (Lipinski definition) is 2. The van der Waals surface area contributed by atoms with Crippen LogP contribution in [0.5, 0.6) is 0 Å².